The Hall–Kier alpha value is -1.47. The van der Waals surface area contributed by atoms with Crippen LogP contribution in [0.3, 0.4) is 0 Å². The Kier molecular flexibility index (Phi) is 6.64. The number of ether oxygens (including phenoxy) is 1. The zero-order chi connectivity index (χ0) is 18.5. The lowest BCUT2D eigenvalue weighted by Crippen LogP contribution is -2.17. The molecule has 1 saturated carbocycles. The molecule has 1 aromatic carbocycles. The minimum Gasteiger partial charge on any atom is -0.472 e. The van der Waals surface area contributed by atoms with Crippen LogP contribution in [0.25, 0.3) is 0 Å². The van der Waals surface area contributed by atoms with Crippen LogP contribution in [0, 0.1) is 17.6 Å². The standard InChI is InChI=1S/C19H24BrF2N3O/c1-23-10-17-18(20)19(25(24-17)11-13-5-3-2-4-6-13)26-12-14-9-15(21)7-8-16(14)22/h7-9,13,23H,2-6,10-12H2,1H3. The van der Waals surface area contributed by atoms with Gasteiger partial charge in [0.25, 0.3) is 0 Å². The topological polar surface area (TPSA) is 39.1 Å². The van der Waals surface area contributed by atoms with Crippen LogP contribution in [-0.2, 0) is 19.7 Å². The van der Waals surface area contributed by atoms with Crippen LogP contribution in [0.4, 0.5) is 8.78 Å². The molecule has 0 atom stereocenters. The number of rotatable bonds is 7. The lowest BCUT2D eigenvalue weighted by molar-refractivity contribution is 0.241. The van der Waals surface area contributed by atoms with E-state index in [4.69, 9.17) is 4.74 Å². The first-order chi connectivity index (χ1) is 12.6. The molecule has 1 N–H and O–H groups in total. The number of nitrogens with zero attached hydrogens (tertiary/aromatic N) is 2. The molecule has 0 radical (unpaired) electrons. The molecule has 0 aliphatic heterocycles. The van der Waals surface area contributed by atoms with Gasteiger partial charge >= 0.3 is 0 Å². The first kappa shape index (κ1) is 19.3. The van der Waals surface area contributed by atoms with Crippen molar-refractivity contribution in [2.75, 3.05) is 7.05 Å². The van der Waals surface area contributed by atoms with Crippen LogP contribution in [0.1, 0.15) is 43.4 Å². The van der Waals surface area contributed by atoms with Gasteiger partial charge in [-0.15, -0.1) is 0 Å². The van der Waals surface area contributed by atoms with Crippen LogP contribution in [0.5, 0.6) is 5.88 Å². The third kappa shape index (κ3) is 4.62. The molecule has 1 aliphatic carbocycles. The number of hydrogen-bond acceptors (Lipinski definition) is 3. The van der Waals surface area contributed by atoms with Crippen LogP contribution < -0.4 is 10.1 Å². The van der Waals surface area contributed by atoms with Gasteiger partial charge in [-0.3, -0.25) is 0 Å². The third-order valence-electron chi connectivity index (χ3n) is 4.79. The molecular weight excluding hydrogens is 404 g/mol. The van der Waals surface area contributed by atoms with Crippen molar-refractivity contribution in [1.29, 1.82) is 0 Å². The lowest BCUT2D eigenvalue weighted by Gasteiger charge is -2.22. The van der Waals surface area contributed by atoms with Crippen molar-refractivity contribution in [3.8, 4) is 5.88 Å². The summed E-state index contributed by atoms with van der Waals surface area (Å²) in [5, 5.41) is 7.75. The minimum atomic E-state index is -0.476. The largest absolute Gasteiger partial charge is 0.472 e. The fourth-order valence-electron chi connectivity index (χ4n) is 3.43. The van der Waals surface area contributed by atoms with Crippen molar-refractivity contribution in [3.63, 3.8) is 0 Å². The van der Waals surface area contributed by atoms with Crippen LogP contribution in [-0.4, -0.2) is 16.8 Å². The van der Waals surface area contributed by atoms with Crippen molar-refractivity contribution < 1.29 is 13.5 Å². The molecular formula is C19H24BrF2N3O. The molecule has 1 fully saturated rings. The lowest BCUT2D eigenvalue weighted by atomic mass is 9.89. The average molecular weight is 428 g/mol. The van der Waals surface area contributed by atoms with E-state index in [9.17, 15) is 8.78 Å². The number of halogens is 3. The van der Waals surface area contributed by atoms with Gasteiger partial charge < -0.3 is 10.1 Å². The summed E-state index contributed by atoms with van der Waals surface area (Å²) >= 11 is 3.56. The normalized spacial score (nSPS) is 15.4. The monoisotopic (exact) mass is 427 g/mol. The molecule has 1 aliphatic rings. The van der Waals surface area contributed by atoms with Crippen LogP contribution in [0.15, 0.2) is 22.7 Å². The Morgan fingerprint density at radius 1 is 1.27 bits per heavy atom. The van der Waals surface area contributed by atoms with Gasteiger partial charge in [0, 0.05) is 18.7 Å². The molecule has 26 heavy (non-hydrogen) atoms. The molecule has 0 bridgehead atoms. The van der Waals surface area contributed by atoms with Crippen molar-refractivity contribution in [2.45, 2.75) is 51.8 Å². The first-order valence-electron chi connectivity index (χ1n) is 9.05. The van der Waals surface area contributed by atoms with Gasteiger partial charge in [0.15, 0.2) is 0 Å². The highest BCUT2D eigenvalue weighted by Gasteiger charge is 2.21. The molecule has 3 rings (SSSR count). The summed E-state index contributed by atoms with van der Waals surface area (Å²) in [7, 11) is 1.86. The maximum absolute atomic E-state index is 13.9. The minimum absolute atomic E-state index is 0.0441. The zero-order valence-electron chi connectivity index (χ0n) is 14.9. The van der Waals surface area contributed by atoms with Gasteiger partial charge in [-0.2, -0.15) is 5.10 Å². The Morgan fingerprint density at radius 2 is 2.04 bits per heavy atom. The highest BCUT2D eigenvalue weighted by molar-refractivity contribution is 9.10. The fraction of sp³-hybridized carbons (Fsp3) is 0.526. The molecule has 0 saturated heterocycles. The van der Waals surface area contributed by atoms with Crippen LogP contribution in [0.2, 0.25) is 0 Å². The van der Waals surface area contributed by atoms with Gasteiger partial charge in [-0.05, 0) is 59.9 Å². The second-order valence-electron chi connectivity index (χ2n) is 6.81. The average Bonchev–Trinajstić information content (AvgIpc) is 2.92. The van der Waals surface area contributed by atoms with E-state index >= 15 is 0 Å². The molecule has 7 heteroatoms. The van der Waals surface area contributed by atoms with Crippen molar-refractivity contribution in [2.24, 2.45) is 5.92 Å². The second-order valence-corrected chi connectivity index (χ2v) is 7.60. The number of hydrogen-bond donors (Lipinski definition) is 1. The van der Waals surface area contributed by atoms with Gasteiger partial charge in [-0.25, -0.2) is 13.5 Å². The molecule has 2 aromatic rings. The predicted molar refractivity (Wildman–Crippen MR) is 100.0 cm³/mol. The highest BCUT2D eigenvalue weighted by Crippen LogP contribution is 2.33. The third-order valence-corrected chi connectivity index (χ3v) is 5.59. The highest BCUT2D eigenvalue weighted by atomic mass is 79.9. The molecule has 0 amide bonds. The van der Waals surface area contributed by atoms with Gasteiger partial charge in [0.1, 0.15) is 22.7 Å². The zero-order valence-corrected chi connectivity index (χ0v) is 16.5. The van der Waals surface area contributed by atoms with Gasteiger partial charge in [0.05, 0.1) is 5.69 Å². The van der Waals surface area contributed by atoms with Crippen LogP contribution >= 0.6 is 15.9 Å². The summed E-state index contributed by atoms with van der Waals surface area (Å²) in [4.78, 5) is 0. The maximum atomic E-state index is 13.9. The van der Waals surface area contributed by atoms with Crippen molar-refractivity contribution in [1.82, 2.24) is 15.1 Å². The molecule has 0 unspecified atom stereocenters. The summed E-state index contributed by atoms with van der Waals surface area (Å²) in [5.41, 5.74) is 1.04. The predicted octanol–water partition coefficient (Wildman–Crippen LogP) is 4.80. The molecule has 1 aromatic heterocycles. The van der Waals surface area contributed by atoms with E-state index < -0.39 is 11.6 Å². The summed E-state index contributed by atoms with van der Waals surface area (Å²) in [6.45, 7) is 1.34. The Morgan fingerprint density at radius 3 is 2.77 bits per heavy atom. The number of nitrogens with one attached hydrogen (secondary N) is 1. The number of benzene rings is 1. The van der Waals surface area contributed by atoms with Gasteiger partial charge in [0.2, 0.25) is 5.88 Å². The molecule has 142 valence electrons. The van der Waals surface area contributed by atoms with Crippen molar-refractivity contribution in [3.05, 3.63) is 45.6 Å². The van der Waals surface area contributed by atoms with Gasteiger partial charge in [-0.1, -0.05) is 19.3 Å². The molecule has 0 spiro atoms. The fourth-order valence-corrected chi connectivity index (χ4v) is 3.97. The molecule has 4 nitrogen and oxygen atoms in total. The Balaban J connectivity index is 1.80. The summed E-state index contributed by atoms with van der Waals surface area (Å²) in [6.07, 6.45) is 6.18. The van der Waals surface area contributed by atoms with E-state index in [0.717, 1.165) is 28.8 Å². The number of aromatic nitrogens is 2. The van der Waals surface area contributed by atoms with E-state index in [0.29, 0.717) is 18.3 Å². The van der Waals surface area contributed by atoms with E-state index in [2.05, 4.69) is 26.3 Å². The quantitative estimate of drug-likeness (QED) is 0.689. The first-order valence-corrected chi connectivity index (χ1v) is 9.84. The Bertz CT molecular complexity index is 745. The summed E-state index contributed by atoms with van der Waals surface area (Å²) in [5.74, 6) is 0.197. The van der Waals surface area contributed by atoms with E-state index in [1.54, 1.807) is 0 Å². The maximum Gasteiger partial charge on any atom is 0.227 e. The second kappa shape index (κ2) is 8.95. The summed E-state index contributed by atoms with van der Waals surface area (Å²) < 4.78 is 35.8. The van der Waals surface area contributed by atoms with Crippen molar-refractivity contribution >= 4 is 15.9 Å². The van der Waals surface area contributed by atoms with E-state index in [-0.39, 0.29) is 12.2 Å². The van der Waals surface area contributed by atoms with E-state index in [1.807, 2.05) is 11.7 Å². The SMILES string of the molecule is CNCc1nn(CC2CCCCC2)c(OCc2cc(F)ccc2F)c1Br. The smallest absolute Gasteiger partial charge is 0.227 e. The van der Waals surface area contributed by atoms with E-state index in [1.165, 1.54) is 38.2 Å². The summed E-state index contributed by atoms with van der Waals surface area (Å²) in [6, 6.07) is 3.39. The molecule has 1 heterocycles. The Labute approximate surface area is 161 Å².